The van der Waals surface area contributed by atoms with E-state index in [1.165, 1.54) is 308 Å². The Morgan fingerprint density at radius 3 is 0.882 bits per heavy atom. The van der Waals surface area contributed by atoms with Gasteiger partial charge >= 0.3 is 7.82 Å². The van der Waals surface area contributed by atoms with E-state index in [9.17, 15) is 19.4 Å². The molecule has 3 atom stereocenters. The Balaban J connectivity index is 3.95. The van der Waals surface area contributed by atoms with Crippen molar-refractivity contribution in [3.8, 4) is 0 Å². The van der Waals surface area contributed by atoms with Crippen molar-refractivity contribution >= 4 is 13.7 Å². The highest BCUT2D eigenvalue weighted by Gasteiger charge is 2.28. The molecular formula is C67H138N2O6P+. The minimum atomic E-state index is -4.32. The number of carbonyl (C=O) groups is 1. The summed E-state index contributed by atoms with van der Waals surface area (Å²) in [7, 11) is 1.64. The van der Waals surface area contributed by atoms with E-state index in [2.05, 4.69) is 19.2 Å². The molecule has 0 fully saturated rings. The third-order valence-electron chi connectivity index (χ3n) is 16.4. The lowest BCUT2D eigenvalue weighted by Gasteiger charge is -2.26. The molecule has 0 aliphatic heterocycles. The van der Waals surface area contributed by atoms with Crippen molar-refractivity contribution in [3.63, 3.8) is 0 Å². The number of phosphoric acid groups is 1. The van der Waals surface area contributed by atoms with E-state index in [0.717, 1.165) is 38.5 Å². The minimum absolute atomic E-state index is 0.0794. The van der Waals surface area contributed by atoms with Crippen molar-refractivity contribution in [3.05, 3.63) is 0 Å². The Labute approximate surface area is 476 Å². The molecule has 0 heterocycles. The molecule has 0 bridgehead atoms. The van der Waals surface area contributed by atoms with Gasteiger partial charge in [0.2, 0.25) is 5.91 Å². The SMILES string of the molecule is CCCCCCCCCCCCCCCCCCCCCCCCCCCCCCCCCCCC(=O)NC(COP(=O)(O)OCC[N+](C)(C)C)C(O)CCCCCCCCCCCCCCCCCCCCCCC. The molecule has 3 N–H and O–H groups in total. The first kappa shape index (κ1) is 75.5. The van der Waals surface area contributed by atoms with Crippen LogP contribution in [0, 0.1) is 0 Å². The number of aliphatic hydroxyl groups excluding tert-OH is 1. The Hall–Kier alpha value is -0.500. The van der Waals surface area contributed by atoms with Crippen LogP contribution in [0.1, 0.15) is 373 Å². The van der Waals surface area contributed by atoms with Crippen LogP contribution in [0.2, 0.25) is 0 Å². The summed E-state index contributed by atoms with van der Waals surface area (Å²) in [6.07, 6.45) is 73.5. The maximum atomic E-state index is 13.1. The Bertz CT molecular complexity index is 1200. The number of phosphoric ester groups is 1. The zero-order chi connectivity index (χ0) is 55.6. The Kier molecular flexibility index (Phi) is 58.7. The normalized spacial score (nSPS) is 13.6. The predicted molar refractivity (Wildman–Crippen MR) is 332 cm³/mol. The fourth-order valence-corrected chi connectivity index (χ4v) is 11.7. The zero-order valence-corrected chi connectivity index (χ0v) is 53.2. The molecule has 456 valence electrons. The summed E-state index contributed by atoms with van der Waals surface area (Å²) in [6, 6.07) is -0.756. The maximum absolute atomic E-state index is 13.1. The lowest BCUT2D eigenvalue weighted by atomic mass is 10.0. The van der Waals surface area contributed by atoms with Crippen molar-refractivity contribution in [2.75, 3.05) is 40.9 Å². The number of nitrogens with one attached hydrogen (secondary N) is 1. The fraction of sp³-hybridized carbons (Fsp3) is 0.985. The fourth-order valence-electron chi connectivity index (χ4n) is 11.0. The average Bonchev–Trinajstić information content (AvgIpc) is 3.38. The number of hydrogen-bond donors (Lipinski definition) is 3. The molecule has 0 aliphatic rings. The van der Waals surface area contributed by atoms with Gasteiger partial charge in [-0.3, -0.25) is 13.8 Å². The van der Waals surface area contributed by atoms with Gasteiger partial charge in [0.05, 0.1) is 39.9 Å². The largest absolute Gasteiger partial charge is 0.472 e. The molecule has 0 spiro atoms. The number of hydrogen-bond acceptors (Lipinski definition) is 5. The summed E-state index contributed by atoms with van der Waals surface area (Å²) in [6.45, 7) is 4.96. The number of unbranched alkanes of at least 4 members (excludes halogenated alkanes) is 52. The monoisotopic (exact) mass is 1100 g/mol. The summed E-state index contributed by atoms with van der Waals surface area (Å²) < 4.78 is 23.9. The molecule has 8 nitrogen and oxygen atoms in total. The van der Waals surface area contributed by atoms with Crippen LogP contribution in [-0.2, 0) is 18.4 Å². The van der Waals surface area contributed by atoms with Gasteiger partial charge in [-0.15, -0.1) is 0 Å². The van der Waals surface area contributed by atoms with Crippen molar-refractivity contribution in [1.29, 1.82) is 0 Å². The third-order valence-corrected chi connectivity index (χ3v) is 17.3. The van der Waals surface area contributed by atoms with Crippen molar-refractivity contribution in [1.82, 2.24) is 5.32 Å². The second-order valence-corrected chi connectivity index (χ2v) is 26.7. The molecule has 0 aliphatic carbocycles. The molecule has 0 aromatic rings. The van der Waals surface area contributed by atoms with Crippen LogP contribution in [0.4, 0.5) is 0 Å². The Morgan fingerprint density at radius 2 is 0.632 bits per heavy atom. The number of nitrogens with zero attached hydrogens (tertiary/aromatic N) is 1. The zero-order valence-electron chi connectivity index (χ0n) is 52.3. The van der Waals surface area contributed by atoms with Gasteiger partial charge in [0, 0.05) is 6.42 Å². The maximum Gasteiger partial charge on any atom is 0.472 e. The van der Waals surface area contributed by atoms with E-state index >= 15 is 0 Å². The van der Waals surface area contributed by atoms with Gasteiger partial charge < -0.3 is 19.8 Å². The van der Waals surface area contributed by atoms with E-state index in [1.807, 2.05) is 21.1 Å². The highest BCUT2D eigenvalue weighted by atomic mass is 31.2. The summed E-state index contributed by atoms with van der Waals surface area (Å²) in [4.78, 5) is 23.4. The van der Waals surface area contributed by atoms with Crippen LogP contribution in [-0.4, -0.2) is 73.4 Å². The quantitative estimate of drug-likeness (QED) is 0.0318. The molecule has 0 aromatic heterocycles. The van der Waals surface area contributed by atoms with Crippen LogP contribution in [0.3, 0.4) is 0 Å². The summed E-state index contributed by atoms with van der Waals surface area (Å²) in [5.41, 5.74) is 0. The molecule has 3 unspecified atom stereocenters. The summed E-state index contributed by atoms with van der Waals surface area (Å²) in [5.74, 6) is -0.133. The van der Waals surface area contributed by atoms with E-state index in [-0.39, 0.29) is 19.1 Å². The van der Waals surface area contributed by atoms with E-state index in [4.69, 9.17) is 9.05 Å². The van der Waals surface area contributed by atoms with Crippen LogP contribution in [0.15, 0.2) is 0 Å². The third kappa shape index (κ3) is 61.1. The molecule has 76 heavy (non-hydrogen) atoms. The molecule has 0 saturated carbocycles. The molecule has 0 saturated heterocycles. The summed E-state index contributed by atoms with van der Waals surface area (Å²) >= 11 is 0. The Morgan fingerprint density at radius 1 is 0.395 bits per heavy atom. The number of carbonyl (C=O) groups excluding carboxylic acids is 1. The van der Waals surface area contributed by atoms with E-state index < -0.39 is 20.0 Å². The van der Waals surface area contributed by atoms with Gasteiger partial charge in [-0.2, -0.15) is 0 Å². The number of amides is 1. The first-order valence-corrected chi connectivity index (χ1v) is 35.9. The van der Waals surface area contributed by atoms with Crippen LogP contribution >= 0.6 is 7.82 Å². The van der Waals surface area contributed by atoms with Gasteiger partial charge in [-0.1, -0.05) is 354 Å². The summed E-state index contributed by atoms with van der Waals surface area (Å²) in [5, 5.41) is 14.1. The second kappa shape index (κ2) is 59.1. The molecule has 9 heteroatoms. The predicted octanol–water partition coefficient (Wildman–Crippen LogP) is 21.6. The highest BCUT2D eigenvalue weighted by molar-refractivity contribution is 7.47. The lowest BCUT2D eigenvalue weighted by Crippen LogP contribution is -2.46. The first-order valence-electron chi connectivity index (χ1n) is 34.4. The number of rotatable bonds is 65. The smallest absolute Gasteiger partial charge is 0.391 e. The van der Waals surface area contributed by atoms with Gasteiger partial charge in [-0.25, -0.2) is 4.57 Å². The van der Waals surface area contributed by atoms with Gasteiger partial charge in [-0.05, 0) is 12.8 Å². The van der Waals surface area contributed by atoms with Crippen molar-refractivity contribution in [2.24, 2.45) is 0 Å². The van der Waals surface area contributed by atoms with Crippen molar-refractivity contribution in [2.45, 2.75) is 386 Å². The van der Waals surface area contributed by atoms with E-state index in [0.29, 0.717) is 23.9 Å². The number of likely N-dealkylation sites (N-methyl/N-ethyl adjacent to an activating group) is 1. The lowest BCUT2D eigenvalue weighted by molar-refractivity contribution is -0.870. The standard InChI is InChI=1S/C67H137N2O6P/c1-6-8-10-12-14-16-18-20-22-24-26-28-29-30-31-32-33-34-35-36-37-38-39-41-43-45-47-49-51-53-55-57-59-61-67(71)68-65(64-75-76(72,73)74-63-62-69(3,4)5)66(70)60-58-56-54-52-50-48-46-44-42-40-27-25-23-21-19-17-15-13-11-9-7-2/h65-66,70H,6-64H2,1-5H3,(H-,68,71,72,73)/p+1. The van der Waals surface area contributed by atoms with Crippen molar-refractivity contribution < 1.29 is 32.9 Å². The number of aliphatic hydroxyl groups is 1. The molecule has 0 aromatic carbocycles. The average molecular weight is 1100 g/mol. The molecule has 0 radical (unpaired) electrons. The molecule has 0 rings (SSSR count). The minimum Gasteiger partial charge on any atom is -0.391 e. The second-order valence-electron chi connectivity index (χ2n) is 25.3. The first-order chi connectivity index (χ1) is 37.0. The van der Waals surface area contributed by atoms with E-state index in [1.54, 1.807) is 0 Å². The van der Waals surface area contributed by atoms with Crippen LogP contribution in [0.25, 0.3) is 0 Å². The van der Waals surface area contributed by atoms with Gasteiger partial charge in [0.1, 0.15) is 13.2 Å². The molecule has 1 amide bonds. The van der Waals surface area contributed by atoms with Crippen LogP contribution in [0.5, 0.6) is 0 Å². The highest BCUT2D eigenvalue weighted by Crippen LogP contribution is 2.43. The van der Waals surface area contributed by atoms with Crippen LogP contribution < -0.4 is 5.32 Å². The molecular weight excluding hydrogens is 960 g/mol. The van der Waals surface area contributed by atoms with Gasteiger partial charge in [0.25, 0.3) is 0 Å². The van der Waals surface area contributed by atoms with Gasteiger partial charge in [0.15, 0.2) is 0 Å². The number of quaternary nitrogens is 1. The topological polar surface area (TPSA) is 105 Å².